The molecule has 0 aromatic heterocycles. The van der Waals surface area contributed by atoms with Crippen molar-refractivity contribution in [3.05, 3.63) is 0 Å². The molecule has 0 aliphatic carbocycles. The first-order valence-corrected chi connectivity index (χ1v) is 4.29. The third kappa shape index (κ3) is 5.97. The van der Waals surface area contributed by atoms with Gasteiger partial charge in [0.2, 0.25) is 0 Å². The van der Waals surface area contributed by atoms with Gasteiger partial charge in [-0.1, -0.05) is 13.3 Å². The predicted molar refractivity (Wildman–Crippen MR) is 45.9 cm³/mol. The molecule has 0 fully saturated rings. The van der Waals surface area contributed by atoms with Gasteiger partial charge in [-0.25, -0.2) is 4.79 Å². The molecule has 0 spiro atoms. The van der Waals surface area contributed by atoms with Gasteiger partial charge in [-0.15, -0.1) is 0 Å². The van der Waals surface area contributed by atoms with Crippen molar-refractivity contribution in [1.29, 1.82) is 0 Å². The molecule has 0 aromatic rings. The minimum atomic E-state index is -0.465. The number of rotatable bonds is 5. The molecular weight excluding hydrogens is 158 g/mol. The molecule has 2 N–H and O–H groups in total. The monoisotopic (exact) mass is 175 g/mol. The quantitative estimate of drug-likeness (QED) is 0.652. The van der Waals surface area contributed by atoms with E-state index >= 15 is 0 Å². The summed E-state index contributed by atoms with van der Waals surface area (Å²) in [4.78, 5) is 10.7. The Balaban J connectivity index is 3.33. The maximum absolute atomic E-state index is 10.7. The molecule has 72 valence electrons. The molecule has 0 aromatic carbocycles. The zero-order valence-electron chi connectivity index (χ0n) is 7.67. The van der Waals surface area contributed by atoms with E-state index in [0.29, 0.717) is 13.0 Å². The molecule has 0 aliphatic heterocycles. The molecule has 12 heavy (non-hydrogen) atoms. The standard InChI is InChI=1S/C8H17NO3/c1-3-5-7(10)6-9-8(11)12-4-2/h7,10H,3-6H2,1-2H3,(H,9,11). The summed E-state index contributed by atoms with van der Waals surface area (Å²) in [5.41, 5.74) is 0. The molecule has 4 heteroatoms. The zero-order valence-corrected chi connectivity index (χ0v) is 7.67. The molecule has 4 nitrogen and oxygen atoms in total. The topological polar surface area (TPSA) is 58.6 Å². The normalized spacial score (nSPS) is 12.2. The summed E-state index contributed by atoms with van der Waals surface area (Å²) < 4.78 is 4.61. The fourth-order valence-corrected chi connectivity index (χ4v) is 0.819. The summed E-state index contributed by atoms with van der Waals surface area (Å²) in [6.45, 7) is 4.35. The number of aliphatic hydroxyl groups excluding tert-OH is 1. The summed E-state index contributed by atoms with van der Waals surface area (Å²) >= 11 is 0. The first-order chi connectivity index (χ1) is 5.70. The number of ether oxygens (including phenoxy) is 1. The number of nitrogens with one attached hydrogen (secondary N) is 1. The van der Waals surface area contributed by atoms with Gasteiger partial charge in [0.25, 0.3) is 0 Å². The van der Waals surface area contributed by atoms with Gasteiger partial charge in [0.1, 0.15) is 0 Å². The van der Waals surface area contributed by atoms with Crippen molar-refractivity contribution in [1.82, 2.24) is 5.32 Å². The summed E-state index contributed by atoms with van der Waals surface area (Å²) in [7, 11) is 0. The first kappa shape index (κ1) is 11.2. The highest BCUT2D eigenvalue weighted by atomic mass is 16.5. The van der Waals surface area contributed by atoms with Crippen molar-refractivity contribution < 1.29 is 14.6 Å². The van der Waals surface area contributed by atoms with Crippen LogP contribution in [0.1, 0.15) is 26.7 Å². The predicted octanol–water partition coefficient (Wildman–Crippen LogP) is 0.894. The molecule has 0 saturated heterocycles. The lowest BCUT2D eigenvalue weighted by molar-refractivity contribution is 0.131. The summed E-state index contributed by atoms with van der Waals surface area (Å²) in [6, 6.07) is 0. The highest BCUT2D eigenvalue weighted by Crippen LogP contribution is 1.93. The Morgan fingerprint density at radius 2 is 2.25 bits per heavy atom. The molecule has 1 unspecified atom stereocenters. The molecule has 0 bridgehead atoms. The minimum absolute atomic E-state index is 0.271. The molecular formula is C8H17NO3. The van der Waals surface area contributed by atoms with E-state index in [1.54, 1.807) is 6.92 Å². The Morgan fingerprint density at radius 1 is 1.58 bits per heavy atom. The van der Waals surface area contributed by atoms with Gasteiger partial charge in [-0.2, -0.15) is 0 Å². The van der Waals surface area contributed by atoms with Gasteiger partial charge in [0.05, 0.1) is 12.7 Å². The largest absolute Gasteiger partial charge is 0.450 e. The lowest BCUT2D eigenvalue weighted by Gasteiger charge is -2.09. The number of amides is 1. The number of hydrogen-bond donors (Lipinski definition) is 2. The van der Waals surface area contributed by atoms with Crippen LogP contribution < -0.4 is 5.32 Å². The number of alkyl carbamates (subject to hydrolysis) is 1. The van der Waals surface area contributed by atoms with E-state index in [-0.39, 0.29) is 6.54 Å². The fourth-order valence-electron chi connectivity index (χ4n) is 0.819. The summed E-state index contributed by atoms with van der Waals surface area (Å²) in [5.74, 6) is 0. The lowest BCUT2D eigenvalue weighted by atomic mass is 10.2. The van der Waals surface area contributed by atoms with Crippen molar-refractivity contribution in [3.63, 3.8) is 0 Å². The van der Waals surface area contributed by atoms with Crippen molar-refractivity contribution >= 4 is 6.09 Å². The van der Waals surface area contributed by atoms with Crippen LogP contribution in [0, 0.1) is 0 Å². The van der Waals surface area contributed by atoms with Crippen LogP contribution in [-0.4, -0.2) is 30.5 Å². The minimum Gasteiger partial charge on any atom is -0.450 e. The highest BCUT2D eigenvalue weighted by molar-refractivity contribution is 5.67. The number of hydrogen-bond acceptors (Lipinski definition) is 3. The molecule has 0 heterocycles. The zero-order chi connectivity index (χ0) is 9.40. The van der Waals surface area contributed by atoms with E-state index < -0.39 is 12.2 Å². The van der Waals surface area contributed by atoms with Crippen LogP contribution in [0.3, 0.4) is 0 Å². The SMILES string of the molecule is CCCC(O)CNC(=O)OCC. The molecule has 1 amide bonds. The Kier molecular flexibility index (Phi) is 6.47. The Morgan fingerprint density at radius 3 is 2.75 bits per heavy atom. The van der Waals surface area contributed by atoms with Crippen LogP contribution in [-0.2, 0) is 4.74 Å². The van der Waals surface area contributed by atoms with Crippen LogP contribution in [0.15, 0.2) is 0 Å². The maximum atomic E-state index is 10.7. The summed E-state index contributed by atoms with van der Waals surface area (Å²) in [5, 5.41) is 11.7. The lowest BCUT2D eigenvalue weighted by Crippen LogP contribution is -2.32. The fraction of sp³-hybridized carbons (Fsp3) is 0.875. The average Bonchev–Trinajstić information content (AvgIpc) is 2.02. The highest BCUT2D eigenvalue weighted by Gasteiger charge is 2.05. The maximum Gasteiger partial charge on any atom is 0.407 e. The van der Waals surface area contributed by atoms with E-state index in [1.165, 1.54) is 0 Å². The molecule has 1 atom stereocenters. The number of carbonyl (C=O) groups excluding carboxylic acids is 1. The van der Waals surface area contributed by atoms with Crippen LogP contribution in [0.4, 0.5) is 4.79 Å². The third-order valence-electron chi connectivity index (χ3n) is 1.38. The van der Waals surface area contributed by atoms with Crippen LogP contribution in [0.2, 0.25) is 0 Å². The van der Waals surface area contributed by atoms with E-state index in [9.17, 15) is 9.90 Å². The second-order valence-electron chi connectivity index (χ2n) is 2.54. The van der Waals surface area contributed by atoms with Crippen molar-refractivity contribution in [2.45, 2.75) is 32.8 Å². The van der Waals surface area contributed by atoms with Gasteiger partial charge in [-0.05, 0) is 13.3 Å². The summed E-state index contributed by atoms with van der Waals surface area (Å²) in [6.07, 6.45) is 0.685. The van der Waals surface area contributed by atoms with Gasteiger partial charge in [-0.3, -0.25) is 0 Å². The van der Waals surface area contributed by atoms with Gasteiger partial charge < -0.3 is 15.2 Å². The Hall–Kier alpha value is -0.770. The van der Waals surface area contributed by atoms with Crippen molar-refractivity contribution in [2.75, 3.05) is 13.2 Å². The van der Waals surface area contributed by atoms with Gasteiger partial charge in [0.15, 0.2) is 0 Å². The molecule has 0 rings (SSSR count). The first-order valence-electron chi connectivity index (χ1n) is 4.29. The smallest absolute Gasteiger partial charge is 0.407 e. The van der Waals surface area contributed by atoms with Crippen LogP contribution in [0.25, 0.3) is 0 Å². The molecule has 0 aliphatic rings. The Bertz CT molecular complexity index is 127. The van der Waals surface area contributed by atoms with E-state index in [0.717, 1.165) is 6.42 Å². The van der Waals surface area contributed by atoms with Crippen molar-refractivity contribution in [2.24, 2.45) is 0 Å². The van der Waals surface area contributed by atoms with Gasteiger partial charge in [0, 0.05) is 6.54 Å². The van der Waals surface area contributed by atoms with Crippen LogP contribution in [0.5, 0.6) is 0 Å². The van der Waals surface area contributed by atoms with E-state index in [1.807, 2.05) is 6.92 Å². The van der Waals surface area contributed by atoms with E-state index in [4.69, 9.17) is 0 Å². The number of aliphatic hydroxyl groups is 1. The van der Waals surface area contributed by atoms with Gasteiger partial charge >= 0.3 is 6.09 Å². The van der Waals surface area contributed by atoms with Crippen LogP contribution >= 0.6 is 0 Å². The molecule has 0 saturated carbocycles. The third-order valence-corrected chi connectivity index (χ3v) is 1.38. The second kappa shape index (κ2) is 6.91. The van der Waals surface area contributed by atoms with E-state index in [2.05, 4.69) is 10.1 Å². The second-order valence-corrected chi connectivity index (χ2v) is 2.54. The Labute approximate surface area is 72.9 Å². The van der Waals surface area contributed by atoms with Crippen molar-refractivity contribution in [3.8, 4) is 0 Å². The average molecular weight is 175 g/mol. The number of carbonyl (C=O) groups is 1. The molecule has 0 radical (unpaired) electrons.